The molecule has 1 aromatic rings. The SMILES string of the molecule is Cc1cnc(CNC2CCC3CCCCC3C2)o1. The third-order valence-corrected chi connectivity index (χ3v) is 4.75. The second kappa shape index (κ2) is 5.43. The Hall–Kier alpha value is -0.830. The van der Waals surface area contributed by atoms with Crippen LogP contribution in [0.5, 0.6) is 0 Å². The first-order chi connectivity index (χ1) is 8.81. The van der Waals surface area contributed by atoms with Gasteiger partial charge in [0.25, 0.3) is 0 Å². The van der Waals surface area contributed by atoms with Crippen LogP contribution in [0.25, 0.3) is 0 Å². The van der Waals surface area contributed by atoms with Crippen LogP contribution in [0.1, 0.15) is 56.6 Å². The van der Waals surface area contributed by atoms with Gasteiger partial charge in [0.1, 0.15) is 5.76 Å². The van der Waals surface area contributed by atoms with Crippen molar-refractivity contribution in [3.8, 4) is 0 Å². The fourth-order valence-electron chi connectivity index (χ4n) is 3.77. The minimum absolute atomic E-state index is 0.677. The van der Waals surface area contributed by atoms with E-state index in [0.717, 1.165) is 30.0 Å². The van der Waals surface area contributed by atoms with E-state index < -0.39 is 0 Å². The number of oxazole rings is 1. The molecule has 18 heavy (non-hydrogen) atoms. The second-order valence-corrected chi connectivity index (χ2v) is 6.06. The standard InChI is InChI=1S/C15H24N2O/c1-11-9-17-15(18-11)10-16-14-7-6-12-4-2-3-5-13(12)8-14/h9,12-14,16H,2-8,10H2,1H3. The first-order valence-electron chi connectivity index (χ1n) is 7.46. The first-order valence-corrected chi connectivity index (χ1v) is 7.46. The highest BCUT2D eigenvalue weighted by Gasteiger charge is 2.31. The molecule has 100 valence electrons. The highest BCUT2D eigenvalue weighted by molar-refractivity contribution is 4.92. The van der Waals surface area contributed by atoms with Crippen molar-refractivity contribution in [3.63, 3.8) is 0 Å². The number of nitrogens with one attached hydrogen (secondary N) is 1. The maximum absolute atomic E-state index is 5.51. The Balaban J connectivity index is 1.49. The van der Waals surface area contributed by atoms with Crippen molar-refractivity contribution in [1.82, 2.24) is 10.3 Å². The van der Waals surface area contributed by atoms with Crippen LogP contribution in [0.2, 0.25) is 0 Å². The van der Waals surface area contributed by atoms with E-state index in [1.165, 1.54) is 44.9 Å². The molecule has 0 saturated heterocycles. The number of fused-ring (bicyclic) bond motifs is 1. The van der Waals surface area contributed by atoms with E-state index in [2.05, 4.69) is 10.3 Å². The quantitative estimate of drug-likeness (QED) is 0.890. The molecule has 0 aliphatic heterocycles. The van der Waals surface area contributed by atoms with E-state index in [-0.39, 0.29) is 0 Å². The summed E-state index contributed by atoms with van der Waals surface area (Å²) in [7, 11) is 0. The Labute approximate surface area is 109 Å². The van der Waals surface area contributed by atoms with Crippen LogP contribution in [0.4, 0.5) is 0 Å². The van der Waals surface area contributed by atoms with Crippen molar-refractivity contribution in [2.24, 2.45) is 11.8 Å². The molecule has 1 N–H and O–H groups in total. The second-order valence-electron chi connectivity index (χ2n) is 6.06. The molecular formula is C15H24N2O. The molecule has 1 aromatic heterocycles. The summed E-state index contributed by atoms with van der Waals surface area (Å²) in [5, 5.41) is 3.63. The lowest BCUT2D eigenvalue weighted by Crippen LogP contribution is -2.38. The first kappa shape index (κ1) is 12.2. The summed E-state index contributed by atoms with van der Waals surface area (Å²) in [5.74, 6) is 3.75. The van der Waals surface area contributed by atoms with E-state index in [0.29, 0.717) is 6.04 Å². The molecule has 2 aliphatic rings. The number of nitrogens with zero attached hydrogens (tertiary/aromatic N) is 1. The molecule has 0 bridgehead atoms. The Morgan fingerprint density at radius 3 is 2.83 bits per heavy atom. The zero-order valence-electron chi connectivity index (χ0n) is 11.3. The fraction of sp³-hybridized carbons (Fsp3) is 0.800. The largest absolute Gasteiger partial charge is 0.445 e. The van der Waals surface area contributed by atoms with Gasteiger partial charge in [-0.05, 0) is 38.0 Å². The van der Waals surface area contributed by atoms with Gasteiger partial charge in [-0.15, -0.1) is 0 Å². The zero-order valence-corrected chi connectivity index (χ0v) is 11.3. The predicted molar refractivity (Wildman–Crippen MR) is 71.2 cm³/mol. The summed E-state index contributed by atoms with van der Waals surface area (Å²) >= 11 is 0. The summed E-state index contributed by atoms with van der Waals surface area (Å²) in [6, 6.07) is 0.677. The third-order valence-electron chi connectivity index (χ3n) is 4.75. The molecule has 0 amide bonds. The normalized spacial score (nSPS) is 32.2. The highest BCUT2D eigenvalue weighted by Crippen LogP contribution is 2.40. The molecule has 2 saturated carbocycles. The van der Waals surface area contributed by atoms with Crippen LogP contribution >= 0.6 is 0 Å². The van der Waals surface area contributed by atoms with Crippen molar-refractivity contribution in [2.75, 3.05) is 0 Å². The summed E-state index contributed by atoms with van der Waals surface area (Å²) in [6.45, 7) is 2.74. The summed E-state index contributed by atoms with van der Waals surface area (Å²) in [6.07, 6.45) is 11.8. The van der Waals surface area contributed by atoms with Crippen molar-refractivity contribution in [1.29, 1.82) is 0 Å². The minimum Gasteiger partial charge on any atom is -0.445 e. The van der Waals surface area contributed by atoms with Gasteiger partial charge >= 0.3 is 0 Å². The van der Waals surface area contributed by atoms with E-state index >= 15 is 0 Å². The molecule has 3 heteroatoms. The van der Waals surface area contributed by atoms with Crippen molar-refractivity contribution < 1.29 is 4.42 Å². The molecule has 2 fully saturated rings. The van der Waals surface area contributed by atoms with Gasteiger partial charge in [0, 0.05) is 6.04 Å². The molecule has 3 atom stereocenters. The molecule has 0 aromatic carbocycles. The minimum atomic E-state index is 0.677. The lowest BCUT2D eigenvalue weighted by molar-refractivity contribution is 0.142. The fourth-order valence-corrected chi connectivity index (χ4v) is 3.77. The van der Waals surface area contributed by atoms with E-state index in [4.69, 9.17) is 4.42 Å². The van der Waals surface area contributed by atoms with Crippen LogP contribution in [0.3, 0.4) is 0 Å². The van der Waals surface area contributed by atoms with Crippen LogP contribution in [0, 0.1) is 18.8 Å². The number of aryl methyl sites for hydroxylation is 1. The van der Waals surface area contributed by atoms with Gasteiger partial charge in [0.05, 0.1) is 12.7 Å². The van der Waals surface area contributed by atoms with Gasteiger partial charge in [-0.25, -0.2) is 4.98 Å². The Bertz CT molecular complexity index is 388. The van der Waals surface area contributed by atoms with Crippen molar-refractivity contribution >= 4 is 0 Å². The average molecular weight is 248 g/mol. The maximum atomic E-state index is 5.51. The number of hydrogen-bond donors (Lipinski definition) is 1. The molecule has 3 unspecified atom stereocenters. The average Bonchev–Trinajstić information content (AvgIpc) is 2.82. The maximum Gasteiger partial charge on any atom is 0.208 e. The smallest absolute Gasteiger partial charge is 0.208 e. The van der Waals surface area contributed by atoms with E-state index in [1.807, 2.05) is 6.92 Å². The van der Waals surface area contributed by atoms with Gasteiger partial charge in [-0.2, -0.15) is 0 Å². The monoisotopic (exact) mass is 248 g/mol. The van der Waals surface area contributed by atoms with E-state index in [9.17, 15) is 0 Å². The molecule has 3 rings (SSSR count). The Kier molecular flexibility index (Phi) is 3.69. The summed E-state index contributed by atoms with van der Waals surface area (Å²) < 4.78 is 5.51. The molecule has 3 nitrogen and oxygen atoms in total. The third kappa shape index (κ3) is 2.77. The van der Waals surface area contributed by atoms with Gasteiger partial charge in [-0.1, -0.05) is 25.7 Å². The predicted octanol–water partition coefficient (Wildman–Crippen LogP) is 3.43. The van der Waals surface area contributed by atoms with Gasteiger partial charge in [-0.3, -0.25) is 0 Å². The topological polar surface area (TPSA) is 38.1 Å². The molecular weight excluding hydrogens is 224 g/mol. The van der Waals surface area contributed by atoms with Gasteiger partial charge in [0.15, 0.2) is 0 Å². The number of aromatic nitrogens is 1. The van der Waals surface area contributed by atoms with Crippen LogP contribution in [-0.2, 0) is 6.54 Å². The Morgan fingerprint density at radius 2 is 2.06 bits per heavy atom. The van der Waals surface area contributed by atoms with E-state index in [1.54, 1.807) is 6.20 Å². The van der Waals surface area contributed by atoms with Crippen LogP contribution in [-0.4, -0.2) is 11.0 Å². The Morgan fingerprint density at radius 1 is 1.22 bits per heavy atom. The van der Waals surface area contributed by atoms with Gasteiger partial charge in [0.2, 0.25) is 5.89 Å². The molecule has 1 heterocycles. The lowest BCUT2D eigenvalue weighted by Gasteiger charge is -2.39. The van der Waals surface area contributed by atoms with Crippen molar-refractivity contribution in [2.45, 2.75) is 64.5 Å². The number of hydrogen-bond acceptors (Lipinski definition) is 3. The lowest BCUT2D eigenvalue weighted by atomic mass is 9.69. The van der Waals surface area contributed by atoms with Crippen molar-refractivity contribution in [3.05, 3.63) is 17.8 Å². The summed E-state index contributed by atoms with van der Waals surface area (Å²) in [5.41, 5.74) is 0. The van der Waals surface area contributed by atoms with Gasteiger partial charge < -0.3 is 9.73 Å². The molecule has 2 aliphatic carbocycles. The molecule has 0 spiro atoms. The summed E-state index contributed by atoms with van der Waals surface area (Å²) in [4.78, 5) is 4.25. The molecule has 0 radical (unpaired) electrons. The highest BCUT2D eigenvalue weighted by atomic mass is 16.4. The number of rotatable bonds is 3. The zero-order chi connectivity index (χ0) is 12.4. The van der Waals surface area contributed by atoms with Crippen LogP contribution < -0.4 is 5.32 Å². The van der Waals surface area contributed by atoms with Crippen LogP contribution in [0.15, 0.2) is 10.6 Å².